The third kappa shape index (κ3) is 3.59. The molecule has 0 saturated carbocycles. The zero-order chi connectivity index (χ0) is 23.1. The van der Waals surface area contributed by atoms with E-state index in [0.717, 1.165) is 34.6 Å². The Morgan fingerprint density at radius 3 is 2.68 bits per heavy atom. The number of nitrogens with two attached hydrogens (primary N) is 1. The van der Waals surface area contributed by atoms with Crippen LogP contribution in [0.2, 0.25) is 0 Å². The van der Waals surface area contributed by atoms with Gasteiger partial charge < -0.3 is 19.9 Å². The second-order valence-electron chi connectivity index (χ2n) is 8.87. The number of amides is 1. The summed E-state index contributed by atoms with van der Waals surface area (Å²) in [6, 6.07) is 17.5. The van der Waals surface area contributed by atoms with Crippen LogP contribution in [0.4, 0.5) is 0 Å². The summed E-state index contributed by atoms with van der Waals surface area (Å²) in [5.41, 5.74) is 9.63. The highest BCUT2D eigenvalue weighted by atomic mass is 32.1. The summed E-state index contributed by atoms with van der Waals surface area (Å²) in [6.07, 6.45) is 1.76. The molecule has 34 heavy (non-hydrogen) atoms. The van der Waals surface area contributed by atoms with Gasteiger partial charge in [0.05, 0.1) is 11.5 Å². The van der Waals surface area contributed by atoms with Crippen LogP contribution < -0.4 is 10.5 Å². The molecule has 4 aromatic rings. The van der Waals surface area contributed by atoms with Crippen LogP contribution in [0.5, 0.6) is 5.75 Å². The third-order valence-corrected chi connectivity index (χ3v) is 7.77. The molecule has 4 heterocycles. The number of hydrogen-bond acceptors (Lipinski definition) is 7. The Labute approximate surface area is 201 Å². The minimum absolute atomic E-state index is 0.0284. The molecule has 1 amide bonds. The number of carbonyl (C=O) groups is 1. The molecule has 0 aliphatic carbocycles. The van der Waals surface area contributed by atoms with E-state index in [4.69, 9.17) is 15.0 Å². The molecular formula is C26H24N4O3S. The van der Waals surface area contributed by atoms with Crippen molar-refractivity contribution in [2.75, 3.05) is 19.7 Å². The van der Waals surface area contributed by atoms with Gasteiger partial charge in [0, 0.05) is 41.7 Å². The second kappa shape index (κ2) is 8.38. The van der Waals surface area contributed by atoms with Crippen molar-refractivity contribution in [3.63, 3.8) is 0 Å². The van der Waals surface area contributed by atoms with Crippen molar-refractivity contribution in [3.05, 3.63) is 76.7 Å². The maximum atomic E-state index is 13.2. The van der Waals surface area contributed by atoms with Crippen LogP contribution in [0.15, 0.2) is 64.5 Å². The molecule has 1 spiro atoms. The molecule has 0 bridgehead atoms. The maximum Gasteiger partial charge on any atom is 0.258 e. The fourth-order valence-electron chi connectivity index (χ4n) is 4.87. The molecule has 8 heteroatoms. The van der Waals surface area contributed by atoms with Gasteiger partial charge >= 0.3 is 0 Å². The Kier molecular flexibility index (Phi) is 5.19. The van der Waals surface area contributed by atoms with Crippen molar-refractivity contribution < 1.29 is 14.1 Å². The highest BCUT2D eigenvalue weighted by molar-refractivity contribution is 7.13. The maximum absolute atomic E-state index is 13.2. The van der Waals surface area contributed by atoms with Crippen LogP contribution in [0.25, 0.3) is 22.2 Å². The molecule has 1 saturated heterocycles. The summed E-state index contributed by atoms with van der Waals surface area (Å²) in [7, 11) is 0. The quantitative estimate of drug-likeness (QED) is 0.470. The van der Waals surface area contributed by atoms with Crippen molar-refractivity contribution in [3.8, 4) is 27.9 Å². The second-order valence-corrected chi connectivity index (χ2v) is 9.82. The predicted molar refractivity (Wildman–Crippen MR) is 130 cm³/mol. The van der Waals surface area contributed by atoms with Crippen molar-refractivity contribution in [2.45, 2.75) is 24.8 Å². The van der Waals surface area contributed by atoms with Gasteiger partial charge in [0.1, 0.15) is 5.75 Å². The van der Waals surface area contributed by atoms with Crippen LogP contribution in [-0.2, 0) is 12.0 Å². The monoisotopic (exact) mass is 472 g/mol. The standard InChI is InChI=1S/C26H24N4O3S/c27-15-17-3-8-21-20(14-17)26(16-32-21)9-11-30(12-10-26)25(31)19-6-4-18(5-7-19)24-28-23(29-33-24)22-2-1-13-34-22/h1-8,13-14H,9-12,15-16,27H2. The largest absolute Gasteiger partial charge is 0.492 e. The van der Waals surface area contributed by atoms with E-state index in [1.165, 1.54) is 5.56 Å². The molecule has 0 atom stereocenters. The summed E-state index contributed by atoms with van der Waals surface area (Å²) in [5, 5.41) is 6.04. The number of benzene rings is 2. The van der Waals surface area contributed by atoms with E-state index in [1.54, 1.807) is 11.3 Å². The average Bonchev–Trinajstić information content (AvgIpc) is 3.65. The first-order valence-electron chi connectivity index (χ1n) is 11.4. The fourth-order valence-corrected chi connectivity index (χ4v) is 5.52. The molecule has 2 aliphatic heterocycles. The molecule has 172 valence electrons. The van der Waals surface area contributed by atoms with Gasteiger partial charge in [0.15, 0.2) is 0 Å². The molecule has 7 nitrogen and oxygen atoms in total. The van der Waals surface area contributed by atoms with E-state index >= 15 is 0 Å². The SMILES string of the molecule is NCc1ccc2c(c1)C1(CCN(C(=O)c3ccc(-c4nc(-c5cccs5)no4)cc3)CC1)CO2. The number of carbonyl (C=O) groups excluding carboxylic acids is 1. The summed E-state index contributed by atoms with van der Waals surface area (Å²) in [5.74, 6) is 2.01. The first kappa shape index (κ1) is 21.1. The summed E-state index contributed by atoms with van der Waals surface area (Å²) < 4.78 is 11.4. The number of thiophene rings is 1. The summed E-state index contributed by atoms with van der Waals surface area (Å²) >= 11 is 1.56. The first-order valence-corrected chi connectivity index (χ1v) is 12.3. The van der Waals surface area contributed by atoms with E-state index in [1.807, 2.05) is 58.8 Å². The lowest BCUT2D eigenvalue weighted by Gasteiger charge is -2.38. The molecule has 0 radical (unpaired) electrons. The van der Waals surface area contributed by atoms with Gasteiger partial charge in [-0.05, 0) is 60.2 Å². The Morgan fingerprint density at radius 1 is 1.12 bits per heavy atom. The lowest BCUT2D eigenvalue weighted by molar-refractivity contribution is 0.0646. The normalized spacial score (nSPS) is 16.4. The number of hydrogen-bond donors (Lipinski definition) is 1. The van der Waals surface area contributed by atoms with Crippen LogP contribution in [0.1, 0.15) is 34.3 Å². The van der Waals surface area contributed by atoms with E-state index in [-0.39, 0.29) is 11.3 Å². The van der Waals surface area contributed by atoms with E-state index in [0.29, 0.717) is 43.5 Å². The average molecular weight is 473 g/mol. The predicted octanol–water partition coefficient (Wildman–Crippen LogP) is 4.49. The lowest BCUT2D eigenvalue weighted by Crippen LogP contribution is -2.46. The van der Waals surface area contributed by atoms with Crippen molar-refractivity contribution >= 4 is 17.2 Å². The Hall–Kier alpha value is -3.49. The number of piperidine rings is 1. The molecule has 2 N–H and O–H groups in total. The number of rotatable bonds is 4. The van der Waals surface area contributed by atoms with Gasteiger partial charge in [-0.2, -0.15) is 4.98 Å². The minimum Gasteiger partial charge on any atom is -0.492 e. The van der Waals surface area contributed by atoms with Crippen molar-refractivity contribution in [2.24, 2.45) is 5.73 Å². The molecule has 2 aromatic carbocycles. The summed E-state index contributed by atoms with van der Waals surface area (Å²) in [4.78, 5) is 20.6. The number of aromatic nitrogens is 2. The lowest BCUT2D eigenvalue weighted by atomic mass is 9.74. The van der Waals surface area contributed by atoms with E-state index in [2.05, 4.69) is 16.2 Å². The van der Waals surface area contributed by atoms with E-state index in [9.17, 15) is 4.79 Å². The van der Waals surface area contributed by atoms with Crippen molar-refractivity contribution in [1.82, 2.24) is 15.0 Å². The highest BCUT2D eigenvalue weighted by Crippen LogP contribution is 2.46. The van der Waals surface area contributed by atoms with E-state index < -0.39 is 0 Å². The van der Waals surface area contributed by atoms with Gasteiger partial charge in [-0.25, -0.2) is 0 Å². The first-order chi connectivity index (χ1) is 16.6. The van der Waals surface area contributed by atoms with Gasteiger partial charge in [0.25, 0.3) is 11.8 Å². The minimum atomic E-state index is -0.0284. The Morgan fingerprint density at radius 2 is 1.94 bits per heavy atom. The van der Waals surface area contributed by atoms with Crippen LogP contribution in [-0.4, -0.2) is 40.6 Å². The molecule has 6 rings (SSSR count). The zero-order valence-corrected chi connectivity index (χ0v) is 19.4. The highest BCUT2D eigenvalue weighted by Gasteiger charge is 2.43. The number of ether oxygens (including phenoxy) is 1. The molecule has 2 aliphatic rings. The molecule has 0 unspecified atom stereocenters. The fraction of sp³-hybridized carbons (Fsp3) is 0.269. The number of fused-ring (bicyclic) bond motifs is 2. The number of nitrogens with zero attached hydrogens (tertiary/aromatic N) is 3. The van der Waals surface area contributed by atoms with Gasteiger partial charge in [-0.3, -0.25) is 4.79 Å². The van der Waals surface area contributed by atoms with Crippen molar-refractivity contribution in [1.29, 1.82) is 0 Å². The molecule has 1 fully saturated rings. The van der Waals surface area contributed by atoms with Gasteiger partial charge in [-0.1, -0.05) is 23.4 Å². The molecule has 2 aromatic heterocycles. The summed E-state index contributed by atoms with van der Waals surface area (Å²) in [6.45, 7) is 2.59. The smallest absolute Gasteiger partial charge is 0.258 e. The van der Waals surface area contributed by atoms with Crippen LogP contribution in [0.3, 0.4) is 0 Å². The third-order valence-electron chi connectivity index (χ3n) is 6.91. The topological polar surface area (TPSA) is 94.5 Å². The van der Waals surface area contributed by atoms with Gasteiger partial charge in [-0.15, -0.1) is 11.3 Å². The Bertz CT molecular complexity index is 1320. The van der Waals surface area contributed by atoms with Crippen LogP contribution in [0, 0.1) is 0 Å². The van der Waals surface area contributed by atoms with Gasteiger partial charge in [0.2, 0.25) is 5.82 Å². The molecular weight excluding hydrogens is 448 g/mol. The number of likely N-dealkylation sites (tertiary alicyclic amines) is 1. The van der Waals surface area contributed by atoms with Crippen LogP contribution >= 0.6 is 11.3 Å². The zero-order valence-electron chi connectivity index (χ0n) is 18.6. The Balaban J connectivity index is 1.14.